The molecule has 0 radical (unpaired) electrons. The van der Waals surface area contributed by atoms with Crippen LogP contribution in [0.2, 0.25) is 0 Å². The molecule has 2 N–H and O–H groups in total. The van der Waals surface area contributed by atoms with E-state index in [0.717, 1.165) is 38.8 Å². The maximum absolute atomic E-state index is 12.1. The Morgan fingerprint density at radius 2 is 2.33 bits per heavy atom. The minimum atomic E-state index is -0.448. The quantitative estimate of drug-likeness (QED) is 0.752. The molecule has 1 aliphatic carbocycles. The van der Waals surface area contributed by atoms with Crippen molar-refractivity contribution in [3.8, 4) is 0 Å². The summed E-state index contributed by atoms with van der Waals surface area (Å²) in [7, 11) is 0. The van der Waals surface area contributed by atoms with E-state index in [9.17, 15) is 4.79 Å². The Kier molecular flexibility index (Phi) is 4.59. The summed E-state index contributed by atoms with van der Waals surface area (Å²) < 4.78 is 11.2. The number of nitrogens with two attached hydrogens (primary N) is 1. The fraction of sp³-hybridized carbons (Fsp3) is 0.923. The zero-order chi connectivity index (χ0) is 13.0. The molecule has 1 aliphatic heterocycles. The Balaban J connectivity index is 1.83. The maximum Gasteiger partial charge on any atom is 0.248 e. The Hall–Kier alpha value is -0.650. The van der Waals surface area contributed by atoms with E-state index < -0.39 is 5.60 Å². The van der Waals surface area contributed by atoms with E-state index in [-0.39, 0.29) is 12.5 Å². The molecule has 1 saturated heterocycles. The minimum Gasteiger partial charge on any atom is -0.378 e. The van der Waals surface area contributed by atoms with Gasteiger partial charge in [0.25, 0.3) is 0 Å². The van der Waals surface area contributed by atoms with E-state index in [1.165, 1.54) is 0 Å². The largest absolute Gasteiger partial charge is 0.378 e. The minimum absolute atomic E-state index is 0.0819. The lowest BCUT2D eigenvalue weighted by atomic mass is 9.96. The third kappa shape index (κ3) is 3.22. The lowest BCUT2D eigenvalue weighted by Gasteiger charge is -2.36. The van der Waals surface area contributed by atoms with Crippen LogP contribution in [0.5, 0.6) is 0 Å². The van der Waals surface area contributed by atoms with E-state index in [0.29, 0.717) is 19.2 Å². The molecule has 1 amide bonds. The molecule has 1 heterocycles. The molecule has 5 nitrogen and oxygen atoms in total. The van der Waals surface area contributed by atoms with Crippen LogP contribution in [0, 0.1) is 0 Å². The Morgan fingerprint density at radius 1 is 1.56 bits per heavy atom. The average Bonchev–Trinajstić information content (AvgIpc) is 3.23. The predicted octanol–water partition coefficient (Wildman–Crippen LogP) is 0.522. The molecule has 5 heteroatoms. The zero-order valence-corrected chi connectivity index (χ0v) is 11.2. The maximum atomic E-state index is 12.1. The van der Waals surface area contributed by atoms with Gasteiger partial charge in [-0.05, 0) is 32.6 Å². The first-order valence-corrected chi connectivity index (χ1v) is 6.92. The second-order valence-electron chi connectivity index (χ2n) is 5.24. The molecule has 2 fully saturated rings. The summed E-state index contributed by atoms with van der Waals surface area (Å²) in [6.07, 6.45) is 4.09. The van der Waals surface area contributed by atoms with Crippen LogP contribution in [-0.2, 0) is 14.3 Å². The summed E-state index contributed by atoms with van der Waals surface area (Å²) in [4.78, 5) is 14.0. The molecule has 1 unspecified atom stereocenters. The summed E-state index contributed by atoms with van der Waals surface area (Å²) in [5.74, 6) is 0.0819. The SMILES string of the molecule is CCN(C(=O)COC1(CN)CCCOC1)C1CC1. The van der Waals surface area contributed by atoms with Crippen molar-refractivity contribution >= 4 is 5.91 Å². The van der Waals surface area contributed by atoms with E-state index >= 15 is 0 Å². The number of rotatable bonds is 6. The van der Waals surface area contributed by atoms with Gasteiger partial charge in [0.05, 0.1) is 6.61 Å². The molecule has 104 valence electrons. The highest BCUT2D eigenvalue weighted by Crippen LogP contribution is 2.27. The number of carbonyl (C=O) groups is 1. The standard InChI is InChI=1S/C13H24N2O3/c1-2-15(11-4-5-11)12(16)8-18-13(9-14)6-3-7-17-10-13/h11H,2-10,14H2,1H3. The van der Waals surface area contributed by atoms with Gasteiger partial charge in [-0.2, -0.15) is 0 Å². The molecule has 18 heavy (non-hydrogen) atoms. The first-order valence-electron chi connectivity index (χ1n) is 6.92. The van der Waals surface area contributed by atoms with Crippen LogP contribution in [-0.4, -0.2) is 55.4 Å². The first-order chi connectivity index (χ1) is 8.71. The van der Waals surface area contributed by atoms with Crippen molar-refractivity contribution in [1.82, 2.24) is 4.90 Å². The van der Waals surface area contributed by atoms with Crippen molar-refractivity contribution in [2.24, 2.45) is 5.73 Å². The third-order valence-electron chi connectivity index (χ3n) is 3.81. The Bertz CT molecular complexity index is 286. The highest BCUT2D eigenvalue weighted by atomic mass is 16.5. The lowest BCUT2D eigenvalue weighted by Crippen LogP contribution is -2.50. The summed E-state index contributed by atoms with van der Waals surface area (Å²) in [5.41, 5.74) is 5.33. The highest BCUT2D eigenvalue weighted by molar-refractivity contribution is 5.78. The molecule has 2 aliphatic rings. The second kappa shape index (κ2) is 5.99. The van der Waals surface area contributed by atoms with Crippen molar-refractivity contribution in [3.63, 3.8) is 0 Å². The Morgan fingerprint density at radius 3 is 2.83 bits per heavy atom. The molecule has 0 bridgehead atoms. The number of likely N-dealkylation sites (N-methyl/N-ethyl adjacent to an activating group) is 1. The van der Waals surface area contributed by atoms with Crippen molar-refractivity contribution in [2.45, 2.75) is 44.2 Å². The van der Waals surface area contributed by atoms with Gasteiger partial charge in [-0.25, -0.2) is 0 Å². The monoisotopic (exact) mass is 256 g/mol. The van der Waals surface area contributed by atoms with Crippen LogP contribution in [0.1, 0.15) is 32.6 Å². The molecular weight excluding hydrogens is 232 g/mol. The summed E-state index contributed by atoms with van der Waals surface area (Å²) >= 11 is 0. The van der Waals surface area contributed by atoms with Crippen LogP contribution >= 0.6 is 0 Å². The van der Waals surface area contributed by atoms with Gasteiger partial charge in [0.15, 0.2) is 0 Å². The number of hydrogen-bond donors (Lipinski definition) is 1. The fourth-order valence-corrected chi connectivity index (χ4v) is 2.48. The summed E-state index contributed by atoms with van der Waals surface area (Å²) in [6, 6.07) is 0.447. The molecule has 0 aromatic carbocycles. The number of ether oxygens (including phenoxy) is 2. The van der Waals surface area contributed by atoms with Gasteiger partial charge in [-0.3, -0.25) is 4.79 Å². The van der Waals surface area contributed by atoms with Gasteiger partial charge >= 0.3 is 0 Å². The predicted molar refractivity (Wildman–Crippen MR) is 68.2 cm³/mol. The van der Waals surface area contributed by atoms with Crippen molar-refractivity contribution in [2.75, 3.05) is 32.9 Å². The molecule has 0 spiro atoms. The molecule has 1 atom stereocenters. The van der Waals surface area contributed by atoms with E-state index in [2.05, 4.69) is 0 Å². The van der Waals surface area contributed by atoms with E-state index in [4.69, 9.17) is 15.2 Å². The third-order valence-corrected chi connectivity index (χ3v) is 3.81. The van der Waals surface area contributed by atoms with Crippen LogP contribution < -0.4 is 5.73 Å². The number of nitrogens with zero attached hydrogens (tertiary/aromatic N) is 1. The summed E-state index contributed by atoms with van der Waals surface area (Å²) in [5, 5.41) is 0. The van der Waals surface area contributed by atoms with Crippen LogP contribution in [0.3, 0.4) is 0 Å². The fourth-order valence-electron chi connectivity index (χ4n) is 2.48. The van der Waals surface area contributed by atoms with Crippen LogP contribution in [0.25, 0.3) is 0 Å². The molecular formula is C13H24N2O3. The second-order valence-corrected chi connectivity index (χ2v) is 5.24. The van der Waals surface area contributed by atoms with E-state index in [1.807, 2.05) is 11.8 Å². The van der Waals surface area contributed by atoms with Gasteiger partial charge in [0.1, 0.15) is 12.2 Å². The van der Waals surface area contributed by atoms with Gasteiger partial charge < -0.3 is 20.1 Å². The topological polar surface area (TPSA) is 64.8 Å². The van der Waals surface area contributed by atoms with Gasteiger partial charge in [-0.15, -0.1) is 0 Å². The molecule has 2 rings (SSSR count). The van der Waals surface area contributed by atoms with Gasteiger partial charge in [0.2, 0.25) is 5.91 Å². The number of hydrogen-bond acceptors (Lipinski definition) is 4. The first kappa shape index (κ1) is 13.8. The Labute approximate surface area is 109 Å². The molecule has 0 aromatic rings. The zero-order valence-electron chi connectivity index (χ0n) is 11.2. The number of carbonyl (C=O) groups excluding carboxylic acids is 1. The number of amides is 1. The van der Waals surface area contributed by atoms with Gasteiger partial charge in [-0.1, -0.05) is 0 Å². The van der Waals surface area contributed by atoms with Crippen LogP contribution in [0.4, 0.5) is 0 Å². The van der Waals surface area contributed by atoms with Crippen molar-refractivity contribution < 1.29 is 14.3 Å². The van der Waals surface area contributed by atoms with E-state index in [1.54, 1.807) is 0 Å². The summed E-state index contributed by atoms with van der Waals surface area (Å²) in [6.45, 7) is 4.59. The molecule has 0 aromatic heterocycles. The highest BCUT2D eigenvalue weighted by Gasteiger charge is 2.36. The van der Waals surface area contributed by atoms with Crippen molar-refractivity contribution in [3.05, 3.63) is 0 Å². The smallest absolute Gasteiger partial charge is 0.248 e. The average molecular weight is 256 g/mol. The van der Waals surface area contributed by atoms with Gasteiger partial charge in [0, 0.05) is 25.7 Å². The molecule has 1 saturated carbocycles. The van der Waals surface area contributed by atoms with Crippen LogP contribution in [0.15, 0.2) is 0 Å². The normalized spacial score (nSPS) is 28.1. The lowest BCUT2D eigenvalue weighted by molar-refractivity contribution is -0.155. The van der Waals surface area contributed by atoms with Crippen molar-refractivity contribution in [1.29, 1.82) is 0 Å².